The third-order valence-electron chi connectivity index (χ3n) is 4.21. The molecule has 0 fully saturated rings. The van der Waals surface area contributed by atoms with Crippen LogP contribution in [0.2, 0.25) is 0 Å². The summed E-state index contributed by atoms with van der Waals surface area (Å²) < 4.78 is 16.1. The number of para-hydroxylation sites is 1. The monoisotopic (exact) mass is 356 g/mol. The average molecular weight is 356 g/mol. The number of aliphatic hydroxyl groups excluding tert-OH is 1. The summed E-state index contributed by atoms with van der Waals surface area (Å²) in [6.07, 6.45) is -2.02. The van der Waals surface area contributed by atoms with Crippen LogP contribution in [0.3, 0.4) is 0 Å². The van der Waals surface area contributed by atoms with Crippen LogP contribution in [-0.4, -0.2) is 23.7 Å². The van der Waals surface area contributed by atoms with Crippen molar-refractivity contribution in [3.8, 4) is 5.75 Å². The van der Waals surface area contributed by atoms with E-state index in [0.717, 1.165) is 5.56 Å². The van der Waals surface area contributed by atoms with Gasteiger partial charge >= 0.3 is 11.9 Å². The van der Waals surface area contributed by atoms with E-state index in [-0.39, 0.29) is 12.5 Å². The molecule has 2 aromatic carbocycles. The van der Waals surface area contributed by atoms with E-state index in [1.54, 1.807) is 18.2 Å². The van der Waals surface area contributed by atoms with Gasteiger partial charge in [-0.25, -0.2) is 0 Å². The van der Waals surface area contributed by atoms with Crippen molar-refractivity contribution in [1.29, 1.82) is 0 Å². The van der Waals surface area contributed by atoms with Crippen molar-refractivity contribution in [2.24, 2.45) is 0 Å². The van der Waals surface area contributed by atoms with Gasteiger partial charge in [-0.2, -0.15) is 0 Å². The maximum atomic E-state index is 11.4. The fourth-order valence-corrected chi connectivity index (χ4v) is 3.07. The van der Waals surface area contributed by atoms with Gasteiger partial charge in [0.05, 0.1) is 18.3 Å². The fraction of sp³-hybridized carbons (Fsp3) is 0.300. The van der Waals surface area contributed by atoms with Crippen LogP contribution in [0.15, 0.2) is 48.5 Å². The third-order valence-corrected chi connectivity index (χ3v) is 4.21. The molecule has 0 aromatic heterocycles. The molecule has 1 heterocycles. The van der Waals surface area contributed by atoms with Crippen LogP contribution in [0.25, 0.3) is 0 Å². The van der Waals surface area contributed by atoms with E-state index in [1.165, 1.54) is 13.8 Å². The molecule has 136 valence electrons. The summed E-state index contributed by atoms with van der Waals surface area (Å²) in [4.78, 5) is 22.7. The molecule has 2 atom stereocenters. The number of hydrogen-bond acceptors (Lipinski definition) is 6. The molecule has 0 saturated heterocycles. The summed E-state index contributed by atoms with van der Waals surface area (Å²) in [6.45, 7) is 2.71. The van der Waals surface area contributed by atoms with Crippen molar-refractivity contribution in [2.75, 3.05) is 6.61 Å². The smallest absolute Gasteiger partial charge is 0.305 e. The number of hydrogen-bond donors (Lipinski definition) is 1. The topological polar surface area (TPSA) is 82.1 Å². The zero-order valence-electron chi connectivity index (χ0n) is 14.5. The molecule has 0 bridgehead atoms. The Balaban J connectivity index is 1.96. The van der Waals surface area contributed by atoms with Crippen LogP contribution in [0.5, 0.6) is 5.75 Å². The third kappa shape index (κ3) is 3.70. The van der Waals surface area contributed by atoms with Crippen LogP contribution < -0.4 is 4.74 Å². The summed E-state index contributed by atoms with van der Waals surface area (Å²) >= 11 is 0. The van der Waals surface area contributed by atoms with E-state index in [4.69, 9.17) is 14.2 Å². The Labute approximate surface area is 151 Å². The Morgan fingerprint density at radius 3 is 2.31 bits per heavy atom. The highest BCUT2D eigenvalue weighted by Gasteiger charge is 2.34. The lowest BCUT2D eigenvalue weighted by molar-refractivity contribution is -0.186. The number of ether oxygens (including phenoxy) is 3. The predicted octanol–water partition coefficient (Wildman–Crippen LogP) is 3.02. The first-order chi connectivity index (χ1) is 12.5. The first-order valence-electron chi connectivity index (χ1n) is 8.30. The largest absolute Gasteiger partial charge is 0.492 e. The quantitative estimate of drug-likeness (QED) is 0.670. The lowest BCUT2D eigenvalue weighted by Gasteiger charge is -2.32. The maximum absolute atomic E-state index is 11.4. The molecule has 0 radical (unpaired) electrons. The Morgan fingerprint density at radius 2 is 1.69 bits per heavy atom. The fourth-order valence-electron chi connectivity index (χ4n) is 3.07. The van der Waals surface area contributed by atoms with E-state index in [1.807, 2.05) is 30.3 Å². The number of carbonyl (C=O) groups excluding carboxylic acids is 2. The van der Waals surface area contributed by atoms with Crippen LogP contribution in [0.4, 0.5) is 0 Å². The van der Waals surface area contributed by atoms with Crippen molar-refractivity contribution in [3.63, 3.8) is 0 Å². The maximum Gasteiger partial charge on any atom is 0.305 e. The Kier molecular flexibility index (Phi) is 5.23. The molecule has 2 unspecified atom stereocenters. The van der Waals surface area contributed by atoms with Gasteiger partial charge in [-0.15, -0.1) is 0 Å². The van der Waals surface area contributed by atoms with Gasteiger partial charge in [0.15, 0.2) is 0 Å². The molecule has 3 rings (SSSR count). The summed E-state index contributed by atoms with van der Waals surface area (Å²) in [6, 6.07) is 14.7. The van der Waals surface area contributed by atoms with Crippen LogP contribution in [-0.2, 0) is 19.1 Å². The summed E-state index contributed by atoms with van der Waals surface area (Å²) in [5.41, 5.74) is 1.91. The molecule has 0 spiro atoms. The Hall–Kier alpha value is -2.86. The molecule has 1 N–H and O–H groups in total. The van der Waals surface area contributed by atoms with E-state index >= 15 is 0 Å². The molecule has 0 aliphatic carbocycles. The van der Waals surface area contributed by atoms with Gasteiger partial charge in [-0.05, 0) is 11.6 Å². The molecule has 0 saturated carbocycles. The molecule has 6 nitrogen and oxygen atoms in total. The van der Waals surface area contributed by atoms with Gasteiger partial charge < -0.3 is 19.3 Å². The molecule has 2 aromatic rings. The zero-order valence-corrected chi connectivity index (χ0v) is 14.5. The van der Waals surface area contributed by atoms with Crippen molar-refractivity contribution in [3.05, 3.63) is 65.2 Å². The number of benzene rings is 2. The minimum atomic E-state index is -1.22. The number of rotatable bonds is 4. The number of esters is 2. The Morgan fingerprint density at radius 1 is 1.04 bits per heavy atom. The second-order valence-electron chi connectivity index (χ2n) is 6.09. The van der Waals surface area contributed by atoms with Crippen LogP contribution in [0.1, 0.15) is 48.8 Å². The second kappa shape index (κ2) is 7.58. The van der Waals surface area contributed by atoms with E-state index in [2.05, 4.69) is 0 Å². The lowest BCUT2D eigenvalue weighted by Crippen LogP contribution is -2.26. The molecule has 26 heavy (non-hydrogen) atoms. The minimum absolute atomic E-state index is 0.222. The van der Waals surface area contributed by atoms with Crippen molar-refractivity contribution in [2.45, 2.75) is 32.2 Å². The SMILES string of the molecule is CC(=O)OC(OC(C)=O)c1cccc2c1OCC(c1ccccc1)C2O. The predicted molar refractivity (Wildman–Crippen MR) is 92.4 cm³/mol. The van der Waals surface area contributed by atoms with Crippen LogP contribution >= 0.6 is 0 Å². The molecule has 1 aliphatic heterocycles. The summed E-state index contributed by atoms with van der Waals surface area (Å²) in [5.74, 6) is -1.03. The van der Waals surface area contributed by atoms with E-state index < -0.39 is 24.3 Å². The minimum Gasteiger partial charge on any atom is -0.492 e. The van der Waals surface area contributed by atoms with Crippen molar-refractivity contribution < 1.29 is 28.9 Å². The highest BCUT2D eigenvalue weighted by Crippen LogP contribution is 2.44. The van der Waals surface area contributed by atoms with Crippen LogP contribution in [0, 0.1) is 0 Å². The number of fused-ring (bicyclic) bond motifs is 1. The van der Waals surface area contributed by atoms with Gasteiger partial charge in [0.25, 0.3) is 6.29 Å². The average Bonchev–Trinajstić information content (AvgIpc) is 2.61. The number of carbonyl (C=O) groups is 2. The Bertz CT molecular complexity index is 785. The first-order valence-corrected chi connectivity index (χ1v) is 8.30. The summed E-state index contributed by atoms with van der Waals surface area (Å²) in [7, 11) is 0. The van der Waals surface area contributed by atoms with Crippen molar-refractivity contribution >= 4 is 11.9 Å². The first kappa shape index (κ1) is 17.9. The summed E-state index contributed by atoms with van der Waals surface area (Å²) in [5, 5.41) is 10.8. The second-order valence-corrected chi connectivity index (χ2v) is 6.09. The van der Waals surface area contributed by atoms with E-state index in [0.29, 0.717) is 16.9 Å². The molecule has 6 heteroatoms. The van der Waals surface area contributed by atoms with Gasteiger partial charge in [0, 0.05) is 25.3 Å². The number of aliphatic hydroxyl groups is 1. The molecular formula is C20H20O6. The van der Waals surface area contributed by atoms with Crippen molar-refractivity contribution in [1.82, 2.24) is 0 Å². The van der Waals surface area contributed by atoms with E-state index in [9.17, 15) is 14.7 Å². The standard InChI is InChI=1S/C20H20O6/c1-12(21)25-20(26-13(2)22)16-10-6-9-15-18(23)17(11-24-19(15)16)14-7-4-3-5-8-14/h3-10,17-18,20,23H,11H2,1-2H3. The molecule has 0 amide bonds. The zero-order chi connectivity index (χ0) is 18.7. The lowest BCUT2D eigenvalue weighted by atomic mass is 9.86. The highest BCUT2D eigenvalue weighted by atomic mass is 16.7. The van der Waals surface area contributed by atoms with Gasteiger partial charge in [0.1, 0.15) is 5.75 Å². The molecule has 1 aliphatic rings. The van der Waals surface area contributed by atoms with Gasteiger partial charge in [0.2, 0.25) is 0 Å². The van der Waals surface area contributed by atoms with Gasteiger partial charge in [-0.3, -0.25) is 9.59 Å². The highest BCUT2D eigenvalue weighted by molar-refractivity contribution is 5.69. The molecular weight excluding hydrogens is 336 g/mol. The normalized spacial score (nSPS) is 18.6. The van der Waals surface area contributed by atoms with Gasteiger partial charge in [-0.1, -0.05) is 42.5 Å².